The molecule has 0 atom stereocenters. The lowest BCUT2D eigenvalue weighted by molar-refractivity contribution is -0.117. The Labute approximate surface area is 194 Å². The Morgan fingerprint density at radius 2 is 1.97 bits per heavy atom. The van der Waals surface area contributed by atoms with Crippen molar-refractivity contribution in [3.8, 4) is 5.75 Å². The normalized spacial score (nSPS) is 13.7. The summed E-state index contributed by atoms with van der Waals surface area (Å²) in [5.74, 6) is 1.36. The molecule has 1 amide bonds. The standard InChI is InChI=1S/C22H32ClN7O2/c1-6-28(7-2)9-8-10-30-17(31)13-29(21-18(30)20(23)26-22(24)27-21)12-16-15(4)19(32-5)14(3)11-25-16/h11H,6-10,12-13H2,1-5H3,(H2,24,26,27). The highest BCUT2D eigenvalue weighted by Crippen LogP contribution is 2.38. The van der Waals surface area contributed by atoms with Crippen LogP contribution in [-0.4, -0.2) is 65.6 Å². The zero-order valence-electron chi connectivity index (χ0n) is 19.5. The van der Waals surface area contributed by atoms with Gasteiger partial charge in [0.15, 0.2) is 11.0 Å². The summed E-state index contributed by atoms with van der Waals surface area (Å²) in [5, 5.41) is 0.180. The van der Waals surface area contributed by atoms with E-state index in [1.54, 1.807) is 18.2 Å². The Morgan fingerprint density at radius 1 is 1.25 bits per heavy atom. The van der Waals surface area contributed by atoms with Gasteiger partial charge < -0.3 is 25.2 Å². The number of anilines is 3. The first-order chi connectivity index (χ1) is 15.3. The predicted octanol–water partition coefficient (Wildman–Crippen LogP) is 2.82. The number of nitrogen functional groups attached to an aromatic ring is 1. The molecule has 0 unspecified atom stereocenters. The molecule has 0 radical (unpaired) electrons. The fourth-order valence-electron chi connectivity index (χ4n) is 4.10. The molecule has 32 heavy (non-hydrogen) atoms. The maximum absolute atomic E-state index is 13.2. The smallest absolute Gasteiger partial charge is 0.246 e. The first-order valence-corrected chi connectivity index (χ1v) is 11.3. The number of fused-ring (bicyclic) bond motifs is 1. The largest absolute Gasteiger partial charge is 0.496 e. The van der Waals surface area contributed by atoms with Crippen LogP contribution in [0.3, 0.4) is 0 Å². The molecular formula is C22H32ClN7O2. The number of aryl methyl sites for hydroxylation is 1. The van der Waals surface area contributed by atoms with Gasteiger partial charge in [0.25, 0.3) is 0 Å². The molecule has 3 rings (SSSR count). The maximum Gasteiger partial charge on any atom is 0.246 e. The summed E-state index contributed by atoms with van der Waals surface area (Å²) in [6, 6.07) is 0. The second-order valence-corrected chi connectivity index (χ2v) is 8.23. The van der Waals surface area contributed by atoms with Crippen LogP contribution in [0.5, 0.6) is 5.75 Å². The van der Waals surface area contributed by atoms with Crippen LogP contribution in [-0.2, 0) is 11.3 Å². The van der Waals surface area contributed by atoms with Gasteiger partial charge >= 0.3 is 0 Å². The Balaban J connectivity index is 1.91. The number of hydrogen-bond donors (Lipinski definition) is 1. The third-order valence-corrected chi connectivity index (χ3v) is 6.14. The molecule has 1 aliphatic heterocycles. The van der Waals surface area contributed by atoms with Crippen LogP contribution in [0, 0.1) is 13.8 Å². The van der Waals surface area contributed by atoms with E-state index in [1.807, 2.05) is 18.7 Å². The third kappa shape index (κ3) is 4.88. The van der Waals surface area contributed by atoms with Crippen molar-refractivity contribution >= 4 is 35.0 Å². The molecule has 0 saturated carbocycles. The number of aromatic nitrogens is 3. The molecule has 0 aliphatic carbocycles. The monoisotopic (exact) mass is 461 g/mol. The number of rotatable bonds is 9. The molecule has 10 heteroatoms. The Hall–Kier alpha value is -2.65. The predicted molar refractivity (Wildman–Crippen MR) is 128 cm³/mol. The number of hydrogen-bond acceptors (Lipinski definition) is 8. The average Bonchev–Trinajstić information content (AvgIpc) is 2.75. The Morgan fingerprint density at radius 3 is 2.62 bits per heavy atom. The van der Waals surface area contributed by atoms with E-state index in [0.29, 0.717) is 24.6 Å². The van der Waals surface area contributed by atoms with Crippen molar-refractivity contribution in [1.82, 2.24) is 19.9 Å². The van der Waals surface area contributed by atoms with Crippen LogP contribution >= 0.6 is 11.6 Å². The third-order valence-electron chi connectivity index (χ3n) is 5.88. The number of ether oxygens (including phenoxy) is 1. The highest BCUT2D eigenvalue weighted by Gasteiger charge is 2.34. The SMILES string of the molecule is CCN(CC)CCCN1C(=O)CN(Cc2ncc(C)c(OC)c2C)c2nc(N)nc(Cl)c21. The van der Waals surface area contributed by atoms with Crippen LogP contribution in [0.4, 0.5) is 17.5 Å². The first kappa shape index (κ1) is 24.0. The molecule has 1 aliphatic rings. The molecule has 2 N–H and O–H groups in total. The Kier molecular flexibility index (Phi) is 7.73. The van der Waals surface area contributed by atoms with Crippen LogP contribution in [0.1, 0.15) is 37.1 Å². The van der Waals surface area contributed by atoms with Crippen LogP contribution < -0.4 is 20.3 Å². The number of nitrogens with two attached hydrogens (primary N) is 1. The summed E-state index contributed by atoms with van der Waals surface area (Å²) < 4.78 is 5.53. The lowest BCUT2D eigenvalue weighted by atomic mass is 10.1. The van der Waals surface area contributed by atoms with Gasteiger partial charge in [-0.15, -0.1) is 0 Å². The van der Waals surface area contributed by atoms with Crippen molar-refractivity contribution in [3.05, 3.63) is 28.2 Å². The summed E-state index contributed by atoms with van der Waals surface area (Å²) in [6.07, 6.45) is 2.60. The van der Waals surface area contributed by atoms with Crippen molar-refractivity contribution in [2.75, 3.05) is 55.4 Å². The minimum Gasteiger partial charge on any atom is -0.496 e. The summed E-state index contributed by atoms with van der Waals surface area (Å²) in [6.45, 7) is 12.1. The quantitative estimate of drug-likeness (QED) is 0.569. The summed E-state index contributed by atoms with van der Waals surface area (Å²) in [4.78, 5) is 32.1. The van der Waals surface area contributed by atoms with E-state index < -0.39 is 0 Å². The summed E-state index contributed by atoms with van der Waals surface area (Å²) in [5.41, 5.74) is 9.10. The maximum atomic E-state index is 13.2. The molecular weight excluding hydrogens is 430 g/mol. The van der Waals surface area contributed by atoms with Crippen LogP contribution in [0.2, 0.25) is 5.15 Å². The lowest BCUT2D eigenvalue weighted by Crippen LogP contribution is -2.47. The second-order valence-electron chi connectivity index (χ2n) is 7.87. The number of carbonyl (C=O) groups is 1. The topological polar surface area (TPSA) is 101 Å². The number of nitrogens with zero attached hydrogens (tertiary/aromatic N) is 6. The van der Waals surface area contributed by atoms with E-state index >= 15 is 0 Å². The minimum atomic E-state index is -0.0518. The van der Waals surface area contributed by atoms with E-state index in [1.165, 1.54) is 0 Å². The first-order valence-electron chi connectivity index (χ1n) is 10.9. The summed E-state index contributed by atoms with van der Waals surface area (Å²) in [7, 11) is 1.64. The highest BCUT2D eigenvalue weighted by atomic mass is 35.5. The summed E-state index contributed by atoms with van der Waals surface area (Å²) >= 11 is 6.47. The Bertz CT molecular complexity index is 981. The molecule has 2 aromatic heterocycles. The van der Waals surface area contributed by atoms with Crippen LogP contribution in [0.15, 0.2) is 6.20 Å². The minimum absolute atomic E-state index is 0.0518. The van der Waals surface area contributed by atoms with E-state index in [0.717, 1.165) is 48.6 Å². The molecule has 2 aromatic rings. The molecule has 3 heterocycles. The van der Waals surface area contributed by atoms with Crippen molar-refractivity contribution in [1.29, 1.82) is 0 Å². The average molecular weight is 462 g/mol. The lowest BCUT2D eigenvalue weighted by Gasteiger charge is -2.37. The number of halogens is 1. The zero-order chi connectivity index (χ0) is 23.4. The van der Waals surface area contributed by atoms with E-state index in [-0.39, 0.29) is 23.6 Å². The molecule has 174 valence electrons. The van der Waals surface area contributed by atoms with Gasteiger partial charge in [-0.1, -0.05) is 25.4 Å². The van der Waals surface area contributed by atoms with E-state index in [4.69, 9.17) is 22.1 Å². The van der Waals surface area contributed by atoms with E-state index in [2.05, 4.69) is 33.7 Å². The zero-order valence-corrected chi connectivity index (χ0v) is 20.2. The number of amides is 1. The fraction of sp³-hybridized carbons (Fsp3) is 0.545. The van der Waals surface area contributed by atoms with E-state index in [9.17, 15) is 4.79 Å². The van der Waals surface area contributed by atoms with Crippen molar-refractivity contribution < 1.29 is 9.53 Å². The highest BCUT2D eigenvalue weighted by molar-refractivity contribution is 6.33. The second kappa shape index (κ2) is 10.3. The van der Waals surface area contributed by atoms with Gasteiger partial charge in [-0.3, -0.25) is 9.78 Å². The molecule has 0 aromatic carbocycles. The molecule has 9 nitrogen and oxygen atoms in total. The number of pyridine rings is 1. The van der Waals surface area contributed by atoms with Crippen LogP contribution in [0.25, 0.3) is 0 Å². The molecule has 0 bridgehead atoms. The number of carbonyl (C=O) groups excluding carboxylic acids is 1. The molecule has 0 saturated heterocycles. The van der Waals surface area contributed by atoms with Crippen molar-refractivity contribution in [2.45, 2.75) is 40.7 Å². The van der Waals surface area contributed by atoms with Gasteiger partial charge in [0.05, 0.1) is 25.9 Å². The van der Waals surface area contributed by atoms with Gasteiger partial charge in [0.1, 0.15) is 11.4 Å². The van der Waals surface area contributed by atoms with Gasteiger partial charge in [-0.25, -0.2) is 0 Å². The van der Waals surface area contributed by atoms with Gasteiger partial charge in [0, 0.05) is 23.9 Å². The molecule has 0 fully saturated rings. The molecule has 0 spiro atoms. The van der Waals surface area contributed by atoms with Gasteiger partial charge in [0.2, 0.25) is 11.9 Å². The van der Waals surface area contributed by atoms with Crippen molar-refractivity contribution in [2.24, 2.45) is 0 Å². The van der Waals surface area contributed by atoms with Crippen molar-refractivity contribution in [3.63, 3.8) is 0 Å². The van der Waals surface area contributed by atoms with Gasteiger partial charge in [-0.2, -0.15) is 9.97 Å². The fourth-order valence-corrected chi connectivity index (χ4v) is 4.38. The van der Waals surface area contributed by atoms with Gasteiger partial charge in [-0.05, 0) is 39.9 Å². The number of methoxy groups -OCH3 is 1.